The summed E-state index contributed by atoms with van der Waals surface area (Å²) >= 11 is 0. The Kier molecular flexibility index (Phi) is 3.89. The van der Waals surface area contributed by atoms with Gasteiger partial charge in [-0.3, -0.25) is 0 Å². The Morgan fingerprint density at radius 3 is 2.38 bits per heavy atom. The van der Waals surface area contributed by atoms with Gasteiger partial charge < -0.3 is 0 Å². The van der Waals surface area contributed by atoms with Crippen molar-refractivity contribution in [2.45, 2.75) is 52.5 Å². The van der Waals surface area contributed by atoms with Crippen molar-refractivity contribution in [1.82, 2.24) is 0 Å². The average molecular weight is 183 g/mol. The second kappa shape index (κ2) is 4.73. The summed E-state index contributed by atoms with van der Waals surface area (Å²) in [6.07, 6.45) is 5.49. The van der Waals surface area contributed by atoms with Crippen LogP contribution in [0.1, 0.15) is 46.5 Å². The zero-order chi connectivity index (χ0) is 9.84. The minimum Gasteiger partial charge on any atom is -0.151 e. The highest BCUT2D eigenvalue weighted by Gasteiger charge is 2.24. The van der Waals surface area contributed by atoms with E-state index in [4.69, 9.17) is 0 Å². The van der Waals surface area contributed by atoms with Gasteiger partial charge in [0, 0.05) is 0 Å². The van der Waals surface area contributed by atoms with Gasteiger partial charge in [-0.25, -0.2) is 0 Å². The molecule has 1 rings (SSSR count). The Balaban J connectivity index is 2.18. The molecule has 1 saturated carbocycles. The molecule has 0 spiro atoms. The summed E-state index contributed by atoms with van der Waals surface area (Å²) in [4.78, 5) is 10.4. The van der Waals surface area contributed by atoms with Crippen molar-refractivity contribution in [2.24, 2.45) is 22.9 Å². The van der Waals surface area contributed by atoms with Crippen molar-refractivity contribution in [1.29, 1.82) is 0 Å². The molecule has 2 heteroatoms. The first-order chi connectivity index (χ1) is 6.15. The van der Waals surface area contributed by atoms with Crippen molar-refractivity contribution in [3.8, 4) is 0 Å². The van der Waals surface area contributed by atoms with E-state index in [9.17, 15) is 4.91 Å². The number of rotatable bonds is 6. The molecule has 76 valence electrons. The lowest BCUT2D eigenvalue weighted by molar-refractivity contribution is 0.310. The van der Waals surface area contributed by atoms with Gasteiger partial charge in [0.2, 0.25) is 0 Å². The van der Waals surface area contributed by atoms with E-state index in [-0.39, 0.29) is 6.04 Å². The summed E-state index contributed by atoms with van der Waals surface area (Å²) in [6.45, 7) is 6.31. The van der Waals surface area contributed by atoms with Gasteiger partial charge in [-0.05, 0) is 24.7 Å². The van der Waals surface area contributed by atoms with Gasteiger partial charge in [-0.1, -0.05) is 44.7 Å². The molecule has 2 nitrogen and oxygen atoms in total. The van der Waals surface area contributed by atoms with Crippen molar-refractivity contribution < 1.29 is 0 Å². The van der Waals surface area contributed by atoms with Crippen LogP contribution in [0, 0.1) is 22.7 Å². The maximum atomic E-state index is 10.4. The van der Waals surface area contributed by atoms with Crippen LogP contribution in [-0.2, 0) is 0 Å². The Labute approximate surface area is 81.1 Å². The monoisotopic (exact) mass is 183 g/mol. The van der Waals surface area contributed by atoms with Crippen molar-refractivity contribution in [2.75, 3.05) is 0 Å². The molecule has 3 atom stereocenters. The third-order valence-electron chi connectivity index (χ3n) is 3.55. The molecule has 0 bridgehead atoms. The average Bonchev–Trinajstić information content (AvgIpc) is 2.95. The molecule has 13 heavy (non-hydrogen) atoms. The molecule has 0 heterocycles. The number of nitroso groups, excluding NO2 is 1. The van der Waals surface area contributed by atoms with Crippen molar-refractivity contribution >= 4 is 0 Å². The van der Waals surface area contributed by atoms with Crippen LogP contribution in [0.15, 0.2) is 5.18 Å². The highest BCUT2D eigenvalue weighted by atomic mass is 16.3. The summed E-state index contributed by atoms with van der Waals surface area (Å²) in [7, 11) is 0. The van der Waals surface area contributed by atoms with Crippen LogP contribution in [0.2, 0.25) is 0 Å². The third kappa shape index (κ3) is 3.45. The van der Waals surface area contributed by atoms with E-state index in [0.29, 0.717) is 11.8 Å². The van der Waals surface area contributed by atoms with Crippen LogP contribution in [0.4, 0.5) is 0 Å². The van der Waals surface area contributed by atoms with Gasteiger partial charge in [0.25, 0.3) is 0 Å². The second-order valence-electron chi connectivity index (χ2n) is 4.70. The van der Waals surface area contributed by atoms with Gasteiger partial charge in [-0.15, -0.1) is 0 Å². The molecule has 0 aromatic rings. The SMILES string of the molecule is CC(CCC1CC1)C(C)C(C)N=O. The van der Waals surface area contributed by atoms with Crippen molar-refractivity contribution in [3.05, 3.63) is 4.91 Å². The first-order valence-electron chi connectivity index (χ1n) is 5.47. The van der Waals surface area contributed by atoms with Gasteiger partial charge >= 0.3 is 0 Å². The number of nitrogens with zero attached hydrogens (tertiary/aromatic N) is 1. The highest BCUT2D eigenvalue weighted by molar-refractivity contribution is 4.77. The second-order valence-corrected chi connectivity index (χ2v) is 4.70. The van der Waals surface area contributed by atoms with E-state index in [1.54, 1.807) is 0 Å². The van der Waals surface area contributed by atoms with Gasteiger partial charge in [-0.2, -0.15) is 4.91 Å². The summed E-state index contributed by atoms with van der Waals surface area (Å²) in [6, 6.07) is -0.0193. The minimum absolute atomic E-state index is 0.0193. The number of hydrogen-bond acceptors (Lipinski definition) is 2. The summed E-state index contributed by atoms with van der Waals surface area (Å²) in [5.41, 5.74) is 0. The first-order valence-corrected chi connectivity index (χ1v) is 5.47. The lowest BCUT2D eigenvalue weighted by atomic mass is 9.86. The fourth-order valence-electron chi connectivity index (χ4n) is 1.74. The Bertz CT molecular complexity index is 165. The smallest absolute Gasteiger partial charge is 0.0919 e. The predicted octanol–water partition coefficient (Wildman–Crippen LogP) is 3.60. The van der Waals surface area contributed by atoms with Gasteiger partial charge in [0.1, 0.15) is 0 Å². The summed E-state index contributed by atoms with van der Waals surface area (Å²) in [5.74, 6) is 2.10. The molecule has 0 N–H and O–H groups in total. The zero-order valence-electron chi connectivity index (χ0n) is 8.99. The lowest BCUT2D eigenvalue weighted by Gasteiger charge is -2.21. The molecular formula is C11H21NO. The molecule has 0 radical (unpaired) electrons. The van der Waals surface area contributed by atoms with Crippen LogP contribution >= 0.6 is 0 Å². The molecular weight excluding hydrogens is 162 g/mol. The Hall–Kier alpha value is -0.400. The van der Waals surface area contributed by atoms with E-state index in [2.05, 4.69) is 19.0 Å². The minimum atomic E-state index is -0.0193. The molecule has 0 saturated heterocycles. The van der Waals surface area contributed by atoms with Crippen LogP contribution < -0.4 is 0 Å². The molecule has 0 aromatic heterocycles. The fourth-order valence-corrected chi connectivity index (χ4v) is 1.74. The molecule has 0 aliphatic heterocycles. The lowest BCUT2D eigenvalue weighted by Crippen LogP contribution is -2.19. The maximum absolute atomic E-state index is 10.4. The van der Waals surface area contributed by atoms with Gasteiger partial charge in [0.15, 0.2) is 0 Å². The highest BCUT2D eigenvalue weighted by Crippen LogP contribution is 2.36. The predicted molar refractivity (Wildman–Crippen MR) is 55.5 cm³/mol. The van der Waals surface area contributed by atoms with E-state index in [1.807, 2.05) is 6.92 Å². The Morgan fingerprint density at radius 2 is 1.92 bits per heavy atom. The summed E-state index contributed by atoms with van der Waals surface area (Å²) in [5, 5.41) is 3.10. The molecule has 1 fully saturated rings. The van der Waals surface area contributed by atoms with E-state index in [1.165, 1.54) is 25.7 Å². The molecule has 1 aliphatic carbocycles. The van der Waals surface area contributed by atoms with Crippen LogP contribution in [-0.4, -0.2) is 6.04 Å². The van der Waals surface area contributed by atoms with Crippen LogP contribution in [0.3, 0.4) is 0 Å². The quantitative estimate of drug-likeness (QED) is 0.578. The van der Waals surface area contributed by atoms with E-state index < -0.39 is 0 Å². The summed E-state index contributed by atoms with van der Waals surface area (Å²) < 4.78 is 0. The zero-order valence-corrected chi connectivity index (χ0v) is 8.99. The molecule has 0 aromatic carbocycles. The van der Waals surface area contributed by atoms with Crippen molar-refractivity contribution in [3.63, 3.8) is 0 Å². The molecule has 0 amide bonds. The van der Waals surface area contributed by atoms with E-state index in [0.717, 1.165) is 5.92 Å². The fraction of sp³-hybridized carbons (Fsp3) is 1.00. The van der Waals surface area contributed by atoms with Crippen LogP contribution in [0.5, 0.6) is 0 Å². The maximum Gasteiger partial charge on any atom is 0.0919 e. The van der Waals surface area contributed by atoms with Gasteiger partial charge in [0.05, 0.1) is 6.04 Å². The molecule has 3 unspecified atom stereocenters. The standard InChI is InChI=1S/C11H21NO/c1-8(4-5-11-6-7-11)9(2)10(3)12-13/h8-11H,4-7H2,1-3H3. The number of hydrogen-bond donors (Lipinski definition) is 0. The topological polar surface area (TPSA) is 29.4 Å². The van der Waals surface area contributed by atoms with E-state index >= 15 is 0 Å². The Morgan fingerprint density at radius 1 is 1.31 bits per heavy atom. The first kappa shape index (κ1) is 10.7. The van der Waals surface area contributed by atoms with Crippen LogP contribution in [0.25, 0.3) is 0 Å². The largest absolute Gasteiger partial charge is 0.151 e. The normalized spacial score (nSPS) is 23.6. The molecule has 1 aliphatic rings. The third-order valence-corrected chi connectivity index (χ3v) is 3.55.